The molecule has 0 atom stereocenters. The second-order valence-corrected chi connectivity index (χ2v) is 7.49. The number of piperidine rings is 1. The Morgan fingerprint density at radius 1 is 1.27 bits per heavy atom. The molecule has 0 bridgehead atoms. The Hall–Kier alpha value is -2.88. The van der Waals surface area contributed by atoms with Gasteiger partial charge in [0.05, 0.1) is 11.8 Å². The van der Waals surface area contributed by atoms with Crippen LogP contribution in [0.25, 0.3) is 0 Å². The molecule has 1 aliphatic heterocycles. The summed E-state index contributed by atoms with van der Waals surface area (Å²) >= 11 is 6.12. The van der Waals surface area contributed by atoms with Crippen molar-refractivity contribution < 1.29 is 27.5 Å². The molecule has 0 radical (unpaired) electrons. The smallest absolute Gasteiger partial charge is 0.416 e. The molecule has 160 valence electrons. The minimum absolute atomic E-state index is 0.189. The van der Waals surface area contributed by atoms with Gasteiger partial charge in [-0.3, -0.25) is 4.79 Å². The Morgan fingerprint density at radius 2 is 1.93 bits per heavy atom. The molecule has 0 spiro atoms. The van der Waals surface area contributed by atoms with Crippen molar-refractivity contribution in [1.82, 2.24) is 9.97 Å². The van der Waals surface area contributed by atoms with Crippen molar-refractivity contribution in [2.45, 2.75) is 31.5 Å². The van der Waals surface area contributed by atoms with E-state index in [1.54, 1.807) is 6.92 Å². The van der Waals surface area contributed by atoms with Crippen molar-refractivity contribution in [3.8, 4) is 0 Å². The van der Waals surface area contributed by atoms with Gasteiger partial charge in [-0.2, -0.15) is 13.2 Å². The SMILES string of the molecule is CC1(OC(N)=O)CCN(c2cnc(C(=O)c3cccc(C(F)(F)F)c3)c(Cl)n2)CC1. The summed E-state index contributed by atoms with van der Waals surface area (Å²) in [5.41, 5.74) is 3.04. The molecule has 1 amide bonds. The molecule has 3 rings (SSSR count). The number of rotatable bonds is 4. The largest absolute Gasteiger partial charge is 0.443 e. The highest BCUT2D eigenvalue weighted by molar-refractivity contribution is 6.33. The van der Waals surface area contributed by atoms with Crippen LogP contribution in [-0.4, -0.2) is 40.5 Å². The summed E-state index contributed by atoms with van der Waals surface area (Å²) in [5, 5.41) is -0.211. The van der Waals surface area contributed by atoms with Crippen LogP contribution in [0.3, 0.4) is 0 Å². The first-order chi connectivity index (χ1) is 14.0. The molecule has 1 aromatic carbocycles. The number of carbonyl (C=O) groups is 2. The molecular formula is C19H18ClF3N4O3. The topological polar surface area (TPSA) is 98.4 Å². The first-order valence-electron chi connectivity index (χ1n) is 8.96. The highest BCUT2D eigenvalue weighted by atomic mass is 35.5. The number of alkyl halides is 3. The van der Waals surface area contributed by atoms with Gasteiger partial charge in [0, 0.05) is 31.5 Å². The number of hydrogen-bond acceptors (Lipinski definition) is 6. The number of hydrogen-bond donors (Lipinski definition) is 1. The number of halogens is 4. The Labute approximate surface area is 175 Å². The molecule has 30 heavy (non-hydrogen) atoms. The number of aromatic nitrogens is 2. The van der Waals surface area contributed by atoms with Crippen LogP contribution in [-0.2, 0) is 10.9 Å². The molecule has 2 N–H and O–H groups in total. The summed E-state index contributed by atoms with van der Waals surface area (Å²) in [5.74, 6) is -0.354. The van der Waals surface area contributed by atoms with Crippen molar-refractivity contribution in [2.75, 3.05) is 18.0 Å². The number of amides is 1. The van der Waals surface area contributed by atoms with Crippen LogP contribution < -0.4 is 10.6 Å². The van der Waals surface area contributed by atoms with E-state index in [-0.39, 0.29) is 16.4 Å². The van der Waals surface area contributed by atoms with Crippen LogP contribution in [0.2, 0.25) is 5.15 Å². The lowest BCUT2D eigenvalue weighted by molar-refractivity contribution is -0.137. The summed E-state index contributed by atoms with van der Waals surface area (Å²) in [4.78, 5) is 33.7. The van der Waals surface area contributed by atoms with Gasteiger partial charge in [-0.1, -0.05) is 23.7 Å². The van der Waals surface area contributed by atoms with E-state index in [9.17, 15) is 22.8 Å². The fourth-order valence-corrected chi connectivity index (χ4v) is 3.41. The highest BCUT2D eigenvalue weighted by Crippen LogP contribution is 2.31. The van der Waals surface area contributed by atoms with E-state index in [0.29, 0.717) is 31.7 Å². The van der Waals surface area contributed by atoms with Crippen LogP contribution >= 0.6 is 11.6 Å². The predicted molar refractivity (Wildman–Crippen MR) is 102 cm³/mol. The number of nitrogens with zero attached hydrogens (tertiary/aromatic N) is 3. The minimum Gasteiger partial charge on any atom is -0.443 e. The fraction of sp³-hybridized carbons (Fsp3) is 0.368. The van der Waals surface area contributed by atoms with Crippen molar-refractivity contribution in [3.05, 3.63) is 52.4 Å². The fourth-order valence-electron chi connectivity index (χ4n) is 3.19. The van der Waals surface area contributed by atoms with E-state index in [2.05, 4.69) is 9.97 Å². The zero-order valence-corrected chi connectivity index (χ0v) is 16.6. The zero-order chi connectivity index (χ0) is 22.1. The molecular weight excluding hydrogens is 425 g/mol. The molecule has 7 nitrogen and oxygen atoms in total. The third-order valence-corrected chi connectivity index (χ3v) is 5.14. The van der Waals surface area contributed by atoms with E-state index in [1.165, 1.54) is 12.3 Å². The molecule has 1 aliphatic rings. The van der Waals surface area contributed by atoms with Gasteiger partial charge in [-0.15, -0.1) is 0 Å². The second-order valence-electron chi connectivity index (χ2n) is 7.13. The van der Waals surface area contributed by atoms with Crippen LogP contribution in [0.5, 0.6) is 0 Å². The predicted octanol–water partition coefficient (Wildman–Crippen LogP) is 3.83. The summed E-state index contributed by atoms with van der Waals surface area (Å²) in [6, 6.07) is 4.02. The number of carbonyl (C=O) groups excluding carboxylic acids is 2. The second kappa shape index (κ2) is 8.10. The lowest BCUT2D eigenvalue weighted by atomic mass is 9.93. The normalized spacial score (nSPS) is 16.2. The van der Waals surface area contributed by atoms with Crippen LogP contribution in [0, 0.1) is 0 Å². The number of anilines is 1. The van der Waals surface area contributed by atoms with Crippen molar-refractivity contribution in [3.63, 3.8) is 0 Å². The molecule has 0 unspecified atom stereocenters. The lowest BCUT2D eigenvalue weighted by Crippen LogP contribution is -2.46. The first kappa shape index (κ1) is 21.8. The van der Waals surface area contributed by atoms with E-state index in [4.69, 9.17) is 22.1 Å². The third kappa shape index (κ3) is 4.81. The summed E-state index contributed by atoms with van der Waals surface area (Å²) < 4.78 is 43.8. The highest BCUT2D eigenvalue weighted by Gasteiger charge is 2.34. The van der Waals surface area contributed by atoms with Gasteiger partial charge in [0.2, 0.25) is 5.78 Å². The average molecular weight is 443 g/mol. The Kier molecular flexibility index (Phi) is 5.89. The molecule has 2 aromatic rings. The standard InChI is InChI=1S/C19H18ClF3N4O3/c1-18(30-17(24)29)5-7-27(8-6-18)13-10-25-14(16(20)26-13)15(28)11-3-2-4-12(9-11)19(21,22)23/h2-4,9-10H,5-8H2,1H3,(H2,24,29). The third-order valence-electron chi connectivity index (χ3n) is 4.88. The van der Waals surface area contributed by atoms with Crippen LogP contribution in [0.15, 0.2) is 30.5 Å². The Bertz CT molecular complexity index is 976. The number of nitrogens with two attached hydrogens (primary N) is 1. The monoisotopic (exact) mass is 442 g/mol. The van der Waals surface area contributed by atoms with Gasteiger partial charge >= 0.3 is 12.3 Å². The van der Waals surface area contributed by atoms with Gasteiger partial charge in [0.1, 0.15) is 17.1 Å². The van der Waals surface area contributed by atoms with Crippen molar-refractivity contribution in [2.24, 2.45) is 5.73 Å². The molecule has 1 aromatic heterocycles. The quantitative estimate of drug-likeness (QED) is 0.722. The van der Waals surface area contributed by atoms with Gasteiger partial charge in [-0.05, 0) is 19.1 Å². The van der Waals surface area contributed by atoms with Gasteiger partial charge < -0.3 is 15.4 Å². The lowest BCUT2D eigenvalue weighted by Gasteiger charge is -2.38. The van der Waals surface area contributed by atoms with Crippen LogP contribution in [0.1, 0.15) is 41.4 Å². The van der Waals surface area contributed by atoms with Gasteiger partial charge in [0.15, 0.2) is 5.15 Å². The number of benzene rings is 1. The molecule has 11 heteroatoms. The minimum atomic E-state index is -4.57. The average Bonchev–Trinajstić information content (AvgIpc) is 2.66. The van der Waals surface area contributed by atoms with Crippen LogP contribution in [0.4, 0.5) is 23.8 Å². The summed E-state index contributed by atoms with van der Waals surface area (Å²) in [6.45, 7) is 2.75. The molecule has 2 heterocycles. The summed E-state index contributed by atoms with van der Waals surface area (Å²) in [7, 11) is 0. The maximum atomic E-state index is 12.9. The zero-order valence-electron chi connectivity index (χ0n) is 15.9. The maximum absolute atomic E-state index is 12.9. The Morgan fingerprint density at radius 3 is 2.50 bits per heavy atom. The number of primary amides is 1. The van der Waals surface area contributed by atoms with Crippen molar-refractivity contribution >= 4 is 29.3 Å². The van der Waals surface area contributed by atoms with E-state index in [1.807, 2.05) is 4.90 Å². The van der Waals surface area contributed by atoms with E-state index in [0.717, 1.165) is 18.2 Å². The van der Waals surface area contributed by atoms with E-state index < -0.39 is 29.2 Å². The van der Waals surface area contributed by atoms with Gasteiger partial charge in [0.25, 0.3) is 0 Å². The molecule has 1 saturated heterocycles. The summed E-state index contributed by atoms with van der Waals surface area (Å²) in [6.07, 6.45) is -3.08. The number of ether oxygens (including phenoxy) is 1. The van der Waals surface area contributed by atoms with Crippen molar-refractivity contribution in [1.29, 1.82) is 0 Å². The Balaban J connectivity index is 1.76. The molecule has 0 aliphatic carbocycles. The van der Waals surface area contributed by atoms with E-state index >= 15 is 0 Å². The van der Waals surface area contributed by atoms with Gasteiger partial charge in [-0.25, -0.2) is 14.8 Å². The number of ketones is 1. The maximum Gasteiger partial charge on any atom is 0.416 e. The first-order valence-corrected chi connectivity index (χ1v) is 9.34. The molecule has 0 saturated carbocycles. The molecule has 1 fully saturated rings.